The summed E-state index contributed by atoms with van der Waals surface area (Å²) in [6, 6.07) is 0.475. The first-order valence-electron chi connectivity index (χ1n) is 5.74. The van der Waals surface area contributed by atoms with Gasteiger partial charge in [-0.15, -0.1) is 0 Å². The second kappa shape index (κ2) is 6.64. The Morgan fingerprint density at radius 1 is 1.52 bits per heavy atom. The molecule has 1 unspecified atom stereocenters. The summed E-state index contributed by atoms with van der Waals surface area (Å²) < 4.78 is 17.4. The standard InChI is InChI=1S/C12H13FN2O6/c1-6-9(15(19)20)3-7(4-10(6)21-2)11(16)14-8(5-13)12(17)18/h3-4,8H,5H2,1-2H3,(H,14,16)(H,17,18). The van der Waals surface area contributed by atoms with Crippen molar-refractivity contribution in [2.45, 2.75) is 13.0 Å². The molecule has 0 aliphatic heterocycles. The molecule has 1 atom stereocenters. The third-order valence-corrected chi connectivity index (χ3v) is 2.77. The molecule has 0 spiro atoms. The number of carbonyl (C=O) groups is 2. The van der Waals surface area contributed by atoms with Crippen LogP contribution in [0, 0.1) is 17.0 Å². The van der Waals surface area contributed by atoms with Crippen molar-refractivity contribution in [3.05, 3.63) is 33.4 Å². The van der Waals surface area contributed by atoms with E-state index >= 15 is 0 Å². The van der Waals surface area contributed by atoms with E-state index in [0.29, 0.717) is 0 Å². The number of carboxylic acid groups (broad SMARTS) is 1. The molecule has 21 heavy (non-hydrogen) atoms. The first-order chi connectivity index (χ1) is 9.81. The van der Waals surface area contributed by atoms with Gasteiger partial charge in [0.05, 0.1) is 17.6 Å². The highest BCUT2D eigenvalue weighted by Gasteiger charge is 2.24. The van der Waals surface area contributed by atoms with Crippen molar-refractivity contribution in [3.63, 3.8) is 0 Å². The van der Waals surface area contributed by atoms with Crippen LogP contribution in [-0.4, -0.2) is 41.7 Å². The number of nitro benzene ring substituents is 1. The average Bonchev–Trinajstić information content (AvgIpc) is 2.43. The van der Waals surface area contributed by atoms with Crippen LogP contribution in [0.2, 0.25) is 0 Å². The van der Waals surface area contributed by atoms with Gasteiger partial charge in [-0.05, 0) is 13.0 Å². The van der Waals surface area contributed by atoms with Gasteiger partial charge >= 0.3 is 5.97 Å². The lowest BCUT2D eigenvalue weighted by atomic mass is 10.1. The Balaban J connectivity index is 3.18. The van der Waals surface area contributed by atoms with Crippen LogP contribution in [0.4, 0.5) is 10.1 Å². The van der Waals surface area contributed by atoms with Gasteiger partial charge in [-0.25, -0.2) is 9.18 Å². The van der Waals surface area contributed by atoms with Gasteiger partial charge in [-0.1, -0.05) is 0 Å². The quantitative estimate of drug-likeness (QED) is 0.599. The molecule has 0 aliphatic rings. The average molecular weight is 300 g/mol. The fourth-order valence-corrected chi connectivity index (χ4v) is 1.61. The van der Waals surface area contributed by atoms with E-state index in [2.05, 4.69) is 0 Å². The summed E-state index contributed by atoms with van der Waals surface area (Å²) in [6.45, 7) is 0.145. The molecule has 114 valence electrons. The largest absolute Gasteiger partial charge is 0.496 e. The number of amides is 1. The maximum absolute atomic E-state index is 12.5. The molecule has 0 heterocycles. The van der Waals surface area contributed by atoms with Gasteiger partial charge in [-0.3, -0.25) is 14.9 Å². The molecule has 1 rings (SSSR count). The Labute approximate surface area is 118 Å². The van der Waals surface area contributed by atoms with Crippen molar-refractivity contribution < 1.29 is 28.7 Å². The predicted molar refractivity (Wildman–Crippen MR) is 69.3 cm³/mol. The molecule has 0 saturated heterocycles. The molecular formula is C12H13FN2O6. The van der Waals surface area contributed by atoms with E-state index in [1.165, 1.54) is 20.1 Å². The third-order valence-electron chi connectivity index (χ3n) is 2.77. The minimum atomic E-state index is -1.72. The predicted octanol–water partition coefficient (Wildman–Crippen LogP) is 1.06. The number of nitrogens with one attached hydrogen (secondary N) is 1. The van der Waals surface area contributed by atoms with Gasteiger partial charge in [0.25, 0.3) is 11.6 Å². The van der Waals surface area contributed by atoms with Gasteiger partial charge in [-0.2, -0.15) is 0 Å². The van der Waals surface area contributed by atoms with Crippen molar-refractivity contribution in [3.8, 4) is 5.75 Å². The number of alkyl halides is 1. The molecule has 8 nitrogen and oxygen atoms in total. The molecule has 2 N–H and O–H groups in total. The van der Waals surface area contributed by atoms with E-state index in [1.54, 1.807) is 0 Å². The molecular weight excluding hydrogens is 287 g/mol. The lowest BCUT2D eigenvalue weighted by Crippen LogP contribution is -2.42. The topological polar surface area (TPSA) is 119 Å². The maximum Gasteiger partial charge on any atom is 0.328 e. The van der Waals surface area contributed by atoms with E-state index in [9.17, 15) is 24.1 Å². The Bertz CT molecular complexity index is 589. The number of halogens is 1. The number of ether oxygens (including phenoxy) is 1. The summed E-state index contributed by atoms with van der Waals surface area (Å²) in [5.41, 5.74) is -0.324. The molecule has 1 amide bonds. The maximum atomic E-state index is 12.5. The van der Waals surface area contributed by atoms with Crippen LogP contribution in [0.5, 0.6) is 5.75 Å². The van der Waals surface area contributed by atoms with Crippen molar-refractivity contribution in [1.82, 2.24) is 5.32 Å². The fraction of sp³-hybridized carbons (Fsp3) is 0.333. The number of nitrogens with zero attached hydrogens (tertiary/aromatic N) is 1. The summed E-state index contributed by atoms with van der Waals surface area (Å²) in [7, 11) is 1.27. The van der Waals surface area contributed by atoms with Gasteiger partial charge in [0.1, 0.15) is 12.4 Å². The van der Waals surface area contributed by atoms with Crippen LogP contribution in [0.1, 0.15) is 15.9 Å². The minimum Gasteiger partial charge on any atom is -0.496 e. The zero-order valence-corrected chi connectivity index (χ0v) is 11.3. The van der Waals surface area contributed by atoms with Crippen molar-refractivity contribution in [2.75, 3.05) is 13.8 Å². The van der Waals surface area contributed by atoms with E-state index in [1.807, 2.05) is 5.32 Å². The number of hydrogen-bond acceptors (Lipinski definition) is 5. The summed E-state index contributed by atoms with van der Waals surface area (Å²) in [5, 5.41) is 21.5. The normalized spacial score (nSPS) is 11.6. The van der Waals surface area contributed by atoms with E-state index in [-0.39, 0.29) is 22.6 Å². The van der Waals surface area contributed by atoms with Crippen LogP contribution in [0.3, 0.4) is 0 Å². The molecule has 0 fully saturated rings. The number of methoxy groups -OCH3 is 1. The van der Waals surface area contributed by atoms with Crippen molar-refractivity contribution in [2.24, 2.45) is 0 Å². The van der Waals surface area contributed by atoms with E-state index in [0.717, 1.165) is 6.07 Å². The Kier molecular flexibility index (Phi) is 5.17. The number of nitro groups is 1. The zero-order valence-electron chi connectivity index (χ0n) is 11.3. The second-order valence-corrected chi connectivity index (χ2v) is 4.10. The highest BCUT2D eigenvalue weighted by molar-refractivity contribution is 5.97. The van der Waals surface area contributed by atoms with Crippen LogP contribution in [0.25, 0.3) is 0 Å². The first-order valence-corrected chi connectivity index (χ1v) is 5.74. The molecule has 0 bridgehead atoms. The number of carbonyl (C=O) groups excluding carboxylic acids is 1. The summed E-state index contributed by atoms with van der Waals surface area (Å²) in [4.78, 5) is 32.7. The molecule has 1 aromatic carbocycles. The number of carboxylic acids is 1. The second-order valence-electron chi connectivity index (χ2n) is 4.10. The minimum absolute atomic E-state index is 0.0986. The Morgan fingerprint density at radius 3 is 2.57 bits per heavy atom. The Morgan fingerprint density at radius 2 is 2.14 bits per heavy atom. The monoisotopic (exact) mass is 300 g/mol. The molecule has 0 saturated carbocycles. The molecule has 9 heteroatoms. The van der Waals surface area contributed by atoms with E-state index in [4.69, 9.17) is 9.84 Å². The van der Waals surface area contributed by atoms with Crippen LogP contribution in [0.15, 0.2) is 12.1 Å². The number of aliphatic carboxylic acids is 1. The van der Waals surface area contributed by atoms with Crippen molar-refractivity contribution in [1.29, 1.82) is 0 Å². The third kappa shape index (κ3) is 3.65. The molecule has 0 radical (unpaired) electrons. The van der Waals surface area contributed by atoms with Gasteiger partial charge in [0.15, 0.2) is 6.04 Å². The summed E-state index contributed by atoms with van der Waals surface area (Å²) >= 11 is 0. The molecule has 0 aliphatic carbocycles. The van der Waals surface area contributed by atoms with Gasteiger partial charge in [0.2, 0.25) is 0 Å². The number of rotatable bonds is 6. The SMILES string of the molecule is COc1cc(C(=O)NC(CF)C(=O)O)cc([N+](=O)[O-])c1C. The lowest BCUT2D eigenvalue weighted by Gasteiger charge is -2.12. The van der Waals surface area contributed by atoms with Gasteiger partial charge in [0, 0.05) is 11.6 Å². The van der Waals surface area contributed by atoms with Crippen LogP contribution >= 0.6 is 0 Å². The fourth-order valence-electron chi connectivity index (χ4n) is 1.61. The zero-order chi connectivity index (χ0) is 16.2. The smallest absolute Gasteiger partial charge is 0.328 e. The lowest BCUT2D eigenvalue weighted by molar-refractivity contribution is -0.385. The van der Waals surface area contributed by atoms with Crippen molar-refractivity contribution >= 4 is 17.6 Å². The van der Waals surface area contributed by atoms with E-state index < -0.39 is 29.5 Å². The Hall–Kier alpha value is -2.71. The summed E-state index contributed by atoms with van der Waals surface area (Å²) in [6.07, 6.45) is 0. The number of benzene rings is 1. The first kappa shape index (κ1) is 16.3. The van der Waals surface area contributed by atoms with Crippen LogP contribution < -0.4 is 10.1 Å². The van der Waals surface area contributed by atoms with Gasteiger partial charge < -0.3 is 15.2 Å². The highest BCUT2D eigenvalue weighted by atomic mass is 19.1. The molecule has 1 aromatic rings. The molecule has 0 aromatic heterocycles. The summed E-state index contributed by atoms with van der Waals surface area (Å²) in [5.74, 6) is -2.39. The van der Waals surface area contributed by atoms with Crippen LogP contribution in [-0.2, 0) is 4.79 Å². The number of hydrogen-bond donors (Lipinski definition) is 2. The highest BCUT2D eigenvalue weighted by Crippen LogP contribution is 2.29.